The molecule has 6 nitrogen and oxygen atoms in total. The molecule has 0 radical (unpaired) electrons. The number of aromatic nitrogens is 2. The normalized spacial score (nSPS) is 11.6. The molecule has 114 valence electrons. The number of aryl methyl sites for hydroxylation is 2. The van der Waals surface area contributed by atoms with Crippen LogP contribution in [0, 0.1) is 20.8 Å². The van der Waals surface area contributed by atoms with Crippen LogP contribution in [0.25, 0.3) is 0 Å². The van der Waals surface area contributed by atoms with Crippen LogP contribution in [0.4, 0.5) is 5.69 Å². The average Bonchev–Trinajstić information content (AvgIpc) is 2.68. The Morgan fingerprint density at radius 3 is 2.38 bits per heavy atom. The van der Waals surface area contributed by atoms with Crippen LogP contribution in [-0.4, -0.2) is 24.7 Å². The summed E-state index contributed by atoms with van der Waals surface area (Å²) in [6.07, 6.45) is 0. The van der Waals surface area contributed by atoms with Crippen molar-refractivity contribution in [3.8, 4) is 0 Å². The molecule has 1 aromatic heterocycles. The van der Waals surface area contributed by atoms with Gasteiger partial charge in [0.05, 0.1) is 17.9 Å². The van der Waals surface area contributed by atoms with Gasteiger partial charge in [-0.2, -0.15) is 5.10 Å². The number of nitrogens with zero attached hydrogens (tertiary/aromatic N) is 2. The number of hydrogen-bond donors (Lipinski definition) is 2. The lowest BCUT2D eigenvalue weighted by Crippen LogP contribution is -2.16. The monoisotopic (exact) mass is 308 g/mol. The molecule has 0 aliphatic rings. The Balaban J connectivity index is 2.38. The van der Waals surface area contributed by atoms with Crippen LogP contribution in [0.3, 0.4) is 0 Å². The summed E-state index contributed by atoms with van der Waals surface area (Å²) in [6, 6.07) is 7.19. The van der Waals surface area contributed by atoms with Crippen molar-refractivity contribution < 1.29 is 8.42 Å². The van der Waals surface area contributed by atoms with Crippen molar-refractivity contribution in [2.45, 2.75) is 32.2 Å². The second-order valence-corrected chi connectivity index (χ2v) is 6.60. The summed E-state index contributed by atoms with van der Waals surface area (Å²) in [7, 11) is -3.66. The van der Waals surface area contributed by atoms with Gasteiger partial charge in [-0.25, -0.2) is 8.42 Å². The minimum absolute atomic E-state index is 0.219. The summed E-state index contributed by atoms with van der Waals surface area (Å²) in [6.45, 7) is 6.27. The van der Waals surface area contributed by atoms with Crippen molar-refractivity contribution in [2.75, 3.05) is 11.3 Å². The quantitative estimate of drug-likeness (QED) is 0.877. The average molecular weight is 308 g/mol. The Morgan fingerprint density at radius 2 is 1.81 bits per heavy atom. The summed E-state index contributed by atoms with van der Waals surface area (Å²) in [5.41, 5.74) is 8.18. The van der Waals surface area contributed by atoms with Crippen LogP contribution in [0.2, 0.25) is 0 Å². The fraction of sp³-hybridized carbons (Fsp3) is 0.357. The minimum Gasteiger partial charge on any atom is -0.329 e. The Labute approximate surface area is 125 Å². The fourth-order valence-corrected chi connectivity index (χ4v) is 3.71. The molecule has 1 aromatic carbocycles. The largest absolute Gasteiger partial charge is 0.329 e. The van der Waals surface area contributed by atoms with Crippen LogP contribution in [0.1, 0.15) is 17.0 Å². The van der Waals surface area contributed by atoms with Crippen molar-refractivity contribution in [3.63, 3.8) is 0 Å². The fourth-order valence-electron chi connectivity index (χ4n) is 2.24. The van der Waals surface area contributed by atoms with Crippen molar-refractivity contribution in [1.29, 1.82) is 0 Å². The van der Waals surface area contributed by atoms with E-state index in [1.165, 1.54) is 0 Å². The number of anilines is 1. The van der Waals surface area contributed by atoms with E-state index in [4.69, 9.17) is 5.73 Å². The zero-order valence-electron chi connectivity index (χ0n) is 12.4. The first-order chi connectivity index (χ1) is 9.85. The summed E-state index contributed by atoms with van der Waals surface area (Å²) < 4.78 is 29.3. The van der Waals surface area contributed by atoms with E-state index < -0.39 is 10.0 Å². The van der Waals surface area contributed by atoms with Gasteiger partial charge in [0.15, 0.2) is 0 Å². The Morgan fingerprint density at radius 1 is 1.19 bits per heavy atom. The molecule has 2 rings (SSSR count). The van der Waals surface area contributed by atoms with Gasteiger partial charge in [0.2, 0.25) is 0 Å². The third-order valence-corrected chi connectivity index (χ3v) is 4.86. The van der Waals surface area contributed by atoms with Crippen LogP contribution in [0.5, 0.6) is 0 Å². The lowest BCUT2D eigenvalue weighted by atomic mass is 10.2. The molecule has 1 heterocycles. The third-order valence-electron chi connectivity index (χ3n) is 3.23. The molecule has 0 saturated heterocycles. The van der Waals surface area contributed by atoms with Gasteiger partial charge in [-0.3, -0.25) is 9.40 Å². The van der Waals surface area contributed by atoms with Crippen LogP contribution >= 0.6 is 0 Å². The number of rotatable bonds is 5. The van der Waals surface area contributed by atoms with Gasteiger partial charge >= 0.3 is 0 Å². The van der Waals surface area contributed by atoms with Crippen molar-refractivity contribution >= 4 is 15.7 Å². The van der Waals surface area contributed by atoms with E-state index in [2.05, 4.69) is 9.82 Å². The summed E-state index contributed by atoms with van der Waals surface area (Å²) >= 11 is 0. The van der Waals surface area contributed by atoms with E-state index in [9.17, 15) is 8.42 Å². The summed E-state index contributed by atoms with van der Waals surface area (Å²) in [5, 5.41) is 4.24. The zero-order chi connectivity index (χ0) is 15.6. The van der Waals surface area contributed by atoms with Gasteiger partial charge in [0, 0.05) is 12.2 Å². The van der Waals surface area contributed by atoms with Gasteiger partial charge < -0.3 is 5.73 Å². The molecule has 0 fully saturated rings. The van der Waals surface area contributed by atoms with Gasteiger partial charge in [-0.1, -0.05) is 17.7 Å². The molecule has 0 aliphatic carbocycles. The van der Waals surface area contributed by atoms with Gasteiger partial charge in [-0.05, 0) is 32.9 Å². The molecule has 2 aromatic rings. The predicted octanol–water partition coefficient (Wildman–Crippen LogP) is 1.57. The first-order valence-corrected chi connectivity index (χ1v) is 8.17. The predicted molar refractivity (Wildman–Crippen MR) is 82.7 cm³/mol. The first kappa shape index (κ1) is 15.5. The highest BCUT2D eigenvalue weighted by Crippen LogP contribution is 2.22. The molecular formula is C14H20N4O2S. The van der Waals surface area contributed by atoms with Gasteiger partial charge in [0.25, 0.3) is 10.0 Å². The molecule has 21 heavy (non-hydrogen) atoms. The van der Waals surface area contributed by atoms with E-state index in [0.717, 1.165) is 5.56 Å². The molecule has 0 saturated carbocycles. The van der Waals surface area contributed by atoms with E-state index in [1.54, 1.807) is 30.7 Å². The van der Waals surface area contributed by atoms with Crippen molar-refractivity contribution in [3.05, 3.63) is 41.2 Å². The highest BCUT2D eigenvalue weighted by atomic mass is 32.2. The van der Waals surface area contributed by atoms with E-state index in [0.29, 0.717) is 30.2 Å². The molecule has 7 heteroatoms. The molecule has 0 unspecified atom stereocenters. The Kier molecular flexibility index (Phi) is 4.34. The molecule has 0 spiro atoms. The van der Waals surface area contributed by atoms with Crippen LogP contribution < -0.4 is 10.5 Å². The minimum atomic E-state index is -3.66. The Bertz CT molecular complexity index is 733. The SMILES string of the molecule is Cc1ccc(NS(=O)(=O)c2c(C)nn(CCN)c2C)cc1. The smallest absolute Gasteiger partial charge is 0.265 e. The standard InChI is InChI=1S/C14H20N4O2S/c1-10-4-6-13(7-5-10)17-21(19,20)14-11(2)16-18(9-8-15)12(14)3/h4-7,17H,8-9,15H2,1-3H3. The Hall–Kier alpha value is -1.86. The summed E-state index contributed by atoms with van der Waals surface area (Å²) in [4.78, 5) is 0.219. The van der Waals surface area contributed by atoms with Crippen molar-refractivity contribution in [1.82, 2.24) is 9.78 Å². The number of benzene rings is 1. The number of nitrogens with two attached hydrogens (primary N) is 1. The van der Waals surface area contributed by atoms with Gasteiger partial charge in [-0.15, -0.1) is 0 Å². The highest BCUT2D eigenvalue weighted by molar-refractivity contribution is 7.92. The molecule has 0 bridgehead atoms. The second-order valence-electron chi connectivity index (χ2n) is 4.98. The van der Waals surface area contributed by atoms with E-state index in [1.807, 2.05) is 19.1 Å². The molecule has 3 N–H and O–H groups in total. The number of nitrogens with one attached hydrogen (secondary N) is 1. The third kappa shape index (κ3) is 3.25. The molecule has 0 amide bonds. The summed E-state index contributed by atoms with van der Waals surface area (Å²) in [5.74, 6) is 0. The number of sulfonamides is 1. The molecule has 0 aliphatic heterocycles. The topological polar surface area (TPSA) is 90.0 Å². The van der Waals surface area contributed by atoms with E-state index in [-0.39, 0.29) is 4.90 Å². The second kappa shape index (κ2) is 5.87. The zero-order valence-corrected chi connectivity index (χ0v) is 13.2. The van der Waals surface area contributed by atoms with Crippen molar-refractivity contribution in [2.24, 2.45) is 5.73 Å². The highest BCUT2D eigenvalue weighted by Gasteiger charge is 2.24. The maximum absolute atomic E-state index is 12.6. The maximum Gasteiger partial charge on any atom is 0.265 e. The molecule has 0 atom stereocenters. The lowest BCUT2D eigenvalue weighted by Gasteiger charge is -2.09. The van der Waals surface area contributed by atoms with E-state index >= 15 is 0 Å². The first-order valence-electron chi connectivity index (χ1n) is 6.68. The van der Waals surface area contributed by atoms with Gasteiger partial charge in [0.1, 0.15) is 4.90 Å². The molecular weight excluding hydrogens is 288 g/mol. The van der Waals surface area contributed by atoms with Crippen LogP contribution in [-0.2, 0) is 16.6 Å². The maximum atomic E-state index is 12.6. The number of hydrogen-bond acceptors (Lipinski definition) is 4. The van der Waals surface area contributed by atoms with Crippen LogP contribution in [0.15, 0.2) is 29.2 Å². The lowest BCUT2D eigenvalue weighted by molar-refractivity contribution is 0.593.